The highest BCUT2D eigenvalue weighted by atomic mass is 16.5. The second-order valence-corrected chi connectivity index (χ2v) is 8.73. The molecule has 10 nitrogen and oxygen atoms in total. The fraction of sp³-hybridized carbons (Fsp3) is 0.0667. The van der Waals surface area contributed by atoms with Gasteiger partial charge in [-0.15, -0.1) is 13.2 Å². The van der Waals surface area contributed by atoms with Crippen LogP contribution in [0.25, 0.3) is 0 Å². The molecule has 0 saturated heterocycles. The van der Waals surface area contributed by atoms with Crippen molar-refractivity contribution in [2.45, 2.75) is 0 Å². The summed E-state index contributed by atoms with van der Waals surface area (Å²) in [6.45, 7) is 7.06. The van der Waals surface area contributed by atoms with E-state index in [1.54, 1.807) is 0 Å². The van der Waals surface area contributed by atoms with Crippen LogP contribution in [0.4, 0.5) is 0 Å². The van der Waals surface area contributed by atoms with Crippen molar-refractivity contribution in [3.63, 3.8) is 0 Å². The van der Waals surface area contributed by atoms with E-state index >= 15 is 0 Å². The van der Waals surface area contributed by atoms with Gasteiger partial charge in [0, 0.05) is 19.2 Å². The summed E-state index contributed by atoms with van der Waals surface area (Å²) in [5.74, 6) is -4.14. The maximum absolute atomic E-state index is 13.0. The van der Waals surface area contributed by atoms with E-state index in [4.69, 9.17) is 9.47 Å². The Bertz CT molecular complexity index is 1550. The van der Waals surface area contributed by atoms with Gasteiger partial charge in [-0.25, -0.2) is 9.59 Å². The average molecular weight is 536 g/mol. The Morgan fingerprint density at radius 3 is 1.43 bits per heavy atom. The Labute approximate surface area is 227 Å². The maximum Gasteiger partial charge on any atom is 0.344 e. The molecule has 0 aliphatic carbocycles. The molecule has 2 heterocycles. The largest absolute Gasteiger partial charge is 0.423 e. The molecule has 0 N–H and O–H groups in total. The first-order valence-electron chi connectivity index (χ1n) is 12.0. The molecule has 0 unspecified atom stereocenters. The summed E-state index contributed by atoms with van der Waals surface area (Å²) in [6, 6.07) is 14.2. The zero-order chi connectivity index (χ0) is 28.6. The highest BCUT2D eigenvalue weighted by Crippen LogP contribution is 2.30. The van der Waals surface area contributed by atoms with Gasteiger partial charge in [0.15, 0.2) is 0 Å². The molecule has 3 aromatic carbocycles. The maximum atomic E-state index is 13.0. The zero-order valence-electron chi connectivity index (χ0n) is 20.9. The van der Waals surface area contributed by atoms with Gasteiger partial charge < -0.3 is 9.47 Å². The number of ether oxygens (including phenoxy) is 2. The van der Waals surface area contributed by atoms with E-state index in [0.717, 1.165) is 9.80 Å². The summed E-state index contributed by atoms with van der Waals surface area (Å²) in [7, 11) is 0. The van der Waals surface area contributed by atoms with Crippen molar-refractivity contribution in [3.8, 4) is 11.5 Å². The van der Waals surface area contributed by atoms with Crippen LogP contribution in [0.1, 0.15) is 62.1 Å². The van der Waals surface area contributed by atoms with Crippen LogP contribution in [0.2, 0.25) is 0 Å². The fourth-order valence-electron chi connectivity index (χ4n) is 4.52. The third-order valence-corrected chi connectivity index (χ3v) is 6.29. The number of esters is 2. The number of amides is 4. The molecule has 0 saturated carbocycles. The van der Waals surface area contributed by atoms with Gasteiger partial charge in [0.05, 0.1) is 33.4 Å². The standard InChI is InChI=1S/C30H20N2O8/c1-3-14-31-25(33)19-10-6-12-21(23(19)27(31)35)29(37)39-17-8-5-9-18(16-17)40-30(38)22-13-7-11-20-24(22)28(36)32(15-4-2)26(20)34/h3-13,16H,1-2,14-15H2. The first-order chi connectivity index (χ1) is 19.3. The smallest absolute Gasteiger partial charge is 0.344 e. The van der Waals surface area contributed by atoms with Crippen molar-refractivity contribution in [3.05, 3.63) is 119 Å². The molecule has 0 spiro atoms. The Morgan fingerprint density at radius 2 is 1.02 bits per heavy atom. The third-order valence-electron chi connectivity index (χ3n) is 6.29. The van der Waals surface area contributed by atoms with Gasteiger partial charge in [-0.2, -0.15) is 0 Å². The second-order valence-electron chi connectivity index (χ2n) is 8.73. The first kappa shape index (κ1) is 26.0. The number of hydrogen-bond acceptors (Lipinski definition) is 8. The van der Waals surface area contributed by atoms with E-state index in [1.165, 1.54) is 72.8 Å². The highest BCUT2D eigenvalue weighted by molar-refractivity contribution is 6.25. The molecule has 2 aliphatic rings. The van der Waals surface area contributed by atoms with Crippen LogP contribution in [0.3, 0.4) is 0 Å². The number of rotatable bonds is 8. The van der Waals surface area contributed by atoms with E-state index < -0.39 is 35.6 Å². The fourth-order valence-corrected chi connectivity index (χ4v) is 4.52. The number of carbonyl (C=O) groups excluding carboxylic acids is 6. The van der Waals surface area contributed by atoms with Crippen molar-refractivity contribution in [1.82, 2.24) is 9.80 Å². The lowest BCUT2D eigenvalue weighted by Crippen LogP contribution is -2.30. The van der Waals surface area contributed by atoms with Crippen molar-refractivity contribution in [2.24, 2.45) is 0 Å². The van der Waals surface area contributed by atoms with Crippen LogP contribution < -0.4 is 9.47 Å². The molecular weight excluding hydrogens is 516 g/mol. The number of imide groups is 2. The first-order valence-corrected chi connectivity index (χ1v) is 12.0. The van der Waals surface area contributed by atoms with E-state index in [1.807, 2.05) is 0 Å². The lowest BCUT2D eigenvalue weighted by atomic mass is 10.0. The normalized spacial score (nSPS) is 13.7. The van der Waals surface area contributed by atoms with Crippen molar-refractivity contribution >= 4 is 35.6 Å². The Kier molecular flexibility index (Phi) is 6.66. The quantitative estimate of drug-likeness (QED) is 0.185. The van der Waals surface area contributed by atoms with Crippen LogP contribution in [0.15, 0.2) is 86.0 Å². The lowest BCUT2D eigenvalue weighted by molar-refractivity contribution is 0.0652. The van der Waals surface area contributed by atoms with Gasteiger partial charge in [0.25, 0.3) is 23.6 Å². The van der Waals surface area contributed by atoms with Gasteiger partial charge in [0.1, 0.15) is 11.5 Å². The Morgan fingerprint density at radius 1 is 0.625 bits per heavy atom. The molecule has 4 amide bonds. The molecule has 0 atom stereocenters. The predicted molar refractivity (Wildman–Crippen MR) is 140 cm³/mol. The molecule has 0 fully saturated rings. The van der Waals surface area contributed by atoms with E-state index in [0.29, 0.717) is 0 Å². The van der Waals surface area contributed by atoms with Crippen LogP contribution in [-0.4, -0.2) is 58.5 Å². The van der Waals surface area contributed by atoms with Gasteiger partial charge in [-0.3, -0.25) is 29.0 Å². The Hall–Kier alpha value is -5.64. The minimum absolute atomic E-state index is 0.00525. The molecule has 10 heteroatoms. The van der Waals surface area contributed by atoms with Gasteiger partial charge in [-0.1, -0.05) is 30.4 Å². The number of fused-ring (bicyclic) bond motifs is 2. The van der Waals surface area contributed by atoms with Crippen molar-refractivity contribution in [2.75, 3.05) is 13.1 Å². The number of hydrogen-bond donors (Lipinski definition) is 0. The van der Waals surface area contributed by atoms with Gasteiger partial charge in [0.2, 0.25) is 0 Å². The number of nitrogens with zero attached hydrogens (tertiary/aromatic N) is 2. The number of benzene rings is 3. The van der Waals surface area contributed by atoms with Crippen LogP contribution in [0, 0.1) is 0 Å². The molecule has 198 valence electrons. The minimum atomic E-state index is -0.894. The molecule has 5 rings (SSSR count). The summed E-state index contributed by atoms with van der Waals surface area (Å²) >= 11 is 0. The molecular formula is C30H20N2O8. The summed E-state index contributed by atoms with van der Waals surface area (Å²) in [4.78, 5) is 78.7. The van der Waals surface area contributed by atoms with Crippen LogP contribution in [-0.2, 0) is 0 Å². The SMILES string of the molecule is C=CCN1C(=O)c2cccc(C(=O)Oc3cccc(OC(=O)c4cccc5c4C(=O)N(CC=C)C5=O)c3)c2C1=O. The monoisotopic (exact) mass is 536 g/mol. The predicted octanol–water partition coefficient (Wildman–Crippen LogP) is 3.69. The molecule has 40 heavy (non-hydrogen) atoms. The minimum Gasteiger partial charge on any atom is -0.423 e. The summed E-state index contributed by atoms with van der Waals surface area (Å²) in [5.41, 5.74) is -0.166. The average Bonchev–Trinajstić information content (AvgIpc) is 3.34. The van der Waals surface area contributed by atoms with E-state index in [-0.39, 0.29) is 58.0 Å². The Balaban J connectivity index is 1.36. The van der Waals surface area contributed by atoms with Crippen molar-refractivity contribution in [1.29, 1.82) is 0 Å². The highest BCUT2D eigenvalue weighted by Gasteiger charge is 2.39. The second kappa shape index (κ2) is 10.3. The topological polar surface area (TPSA) is 127 Å². The van der Waals surface area contributed by atoms with Gasteiger partial charge >= 0.3 is 11.9 Å². The molecule has 2 aliphatic heterocycles. The van der Waals surface area contributed by atoms with Crippen LogP contribution in [0.5, 0.6) is 11.5 Å². The third kappa shape index (κ3) is 4.27. The summed E-state index contributed by atoms with van der Waals surface area (Å²) < 4.78 is 10.9. The molecule has 0 radical (unpaired) electrons. The lowest BCUT2D eigenvalue weighted by Gasteiger charge is -2.11. The zero-order valence-corrected chi connectivity index (χ0v) is 20.9. The molecule has 3 aromatic rings. The molecule has 0 bridgehead atoms. The summed E-state index contributed by atoms with van der Waals surface area (Å²) in [5, 5.41) is 0. The van der Waals surface area contributed by atoms with Gasteiger partial charge in [-0.05, 0) is 36.4 Å². The van der Waals surface area contributed by atoms with E-state index in [9.17, 15) is 28.8 Å². The molecule has 0 aromatic heterocycles. The van der Waals surface area contributed by atoms with E-state index in [2.05, 4.69) is 13.2 Å². The van der Waals surface area contributed by atoms with Crippen molar-refractivity contribution < 1.29 is 38.2 Å². The van der Waals surface area contributed by atoms with Crippen LogP contribution >= 0.6 is 0 Å². The summed E-state index contributed by atoms with van der Waals surface area (Å²) in [6.07, 6.45) is 2.81. The number of carbonyl (C=O) groups is 6.